The Labute approximate surface area is 136 Å². The molecule has 0 spiro atoms. The van der Waals surface area contributed by atoms with Crippen LogP contribution in [0.2, 0.25) is 0 Å². The van der Waals surface area contributed by atoms with Crippen molar-refractivity contribution in [3.05, 3.63) is 0 Å². The number of hydrogen-bond acceptors (Lipinski definition) is 0. The van der Waals surface area contributed by atoms with E-state index in [4.69, 9.17) is 0 Å². The first-order chi connectivity index (χ1) is 10.8. The number of hydrogen-bond donors (Lipinski definition) is 0. The highest BCUT2D eigenvalue weighted by molar-refractivity contribution is 5.07. The van der Waals surface area contributed by atoms with Crippen LogP contribution in [0.3, 0.4) is 0 Å². The van der Waals surface area contributed by atoms with E-state index in [1.807, 2.05) is 0 Å². The van der Waals surface area contributed by atoms with Gasteiger partial charge in [-0.3, -0.25) is 0 Å². The molecule has 6 bridgehead atoms. The van der Waals surface area contributed by atoms with Crippen LogP contribution in [0.15, 0.2) is 0 Å². The summed E-state index contributed by atoms with van der Waals surface area (Å²) in [7, 11) is 0. The smallest absolute Gasteiger partial charge is 0.0349 e. The summed E-state index contributed by atoms with van der Waals surface area (Å²) >= 11 is 0. The van der Waals surface area contributed by atoms with Gasteiger partial charge in [0.25, 0.3) is 0 Å². The highest BCUT2D eigenvalue weighted by Gasteiger charge is 2.57. The Morgan fingerprint density at radius 3 is 1.50 bits per heavy atom. The first-order valence-corrected chi connectivity index (χ1v) is 10.8. The van der Waals surface area contributed by atoms with Crippen LogP contribution < -0.4 is 0 Å². The summed E-state index contributed by atoms with van der Waals surface area (Å²) in [4.78, 5) is 0. The molecule has 22 heavy (non-hydrogen) atoms. The molecule has 0 aromatic carbocycles. The predicted octanol–water partition coefficient (Wildman–Crippen LogP) is 5.77. The lowest BCUT2D eigenvalue weighted by atomic mass is 9.63. The van der Waals surface area contributed by atoms with Crippen LogP contribution in [0.5, 0.6) is 0 Å². The van der Waals surface area contributed by atoms with E-state index < -0.39 is 0 Å². The lowest BCUT2D eigenvalue weighted by Gasteiger charge is -2.42. The van der Waals surface area contributed by atoms with Gasteiger partial charge in [0, 0.05) is 0 Å². The second-order valence-electron chi connectivity index (χ2n) is 10.8. The fourth-order valence-electron chi connectivity index (χ4n) is 9.52. The molecule has 6 saturated carbocycles. The monoisotopic (exact) mass is 298 g/mol. The van der Waals surface area contributed by atoms with Crippen LogP contribution in [-0.2, 0) is 0 Å². The normalized spacial score (nSPS) is 65.0. The fraction of sp³-hybridized carbons (Fsp3) is 1.00. The Kier molecular flexibility index (Phi) is 2.75. The highest BCUT2D eigenvalue weighted by atomic mass is 14.6. The minimum atomic E-state index is 1.07. The van der Waals surface area contributed by atoms with E-state index in [0.29, 0.717) is 0 Å². The third-order valence-electron chi connectivity index (χ3n) is 10.0. The summed E-state index contributed by atoms with van der Waals surface area (Å²) in [5.74, 6) is 12.8. The number of fused-ring (bicyclic) bond motifs is 6. The molecule has 11 unspecified atom stereocenters. The summed E-state index contributed by atoms with van der Waals surface area (Å²) in [6, 6.07) is 0. The van der Waals surface area contributed by atoms with E-state index in [-0.39, 0.29) is 0 Å². The van der Waals surface area contributed by atoms with Crippen molar-refractivity contribution in [3.63, 3.8) is 0 Å². The third kappa shape index (κ3) is 1.71. The molecule has 0 nitrogen and oxygen atoms in total. The van der Waals surface area contributed by atoms with Crippen LogP contribution in [0.25, 0.3) is 0 Å². The van der Waals surface area contributed by atoms with Crippen molar-refractivity contribution in [2.45, 2.75) is 71.1 Å². The van der Waals surface area contributed by atoms with Gasteiger partial charge in [-0.1, -0.05) is 13.3 Å². The minimum Gasteiger partial charge on any atom is -0.0622 e. The van der Waals surface area contributed by atoms with E-state index in [2.05, 4.69) is 6.92 Å². The van der Waals surface area contributed by atoms with Crippen LogP contribution >= 0.6 is 0 Å². The van der Waals surface area contributed by atoms with Crippen molar-refractivity contribution >= 4 is 0 Å². The van der Waals surface area contributed by atoms with Crippen molar-refractivity contribution in [2.75, 3.05) is 0 Å². The van der Waals surface area contributed by atoms with Crippen molar-refractivity contribution in [2.24, 2.45) is 65.1 Å². The molecule has 0 heteroatoms. The molecular formula is C22H34. The first-order valence-electron chi connectivity index (χ1n) is 10.8. The Morgan fingerprint density at radius 2 is 1.00 bits per heavy atom. The Balaban J connectivity index is 1.23. The summed E-state index contributed by atoms with van der Waals surface area (Å²) < 4.78 is 0. The van der Waals surface area contributed by atoms with Crippen molar-refractivity contribution in [1.29, 1.82) is 0 Å². The van der Waals surface area contributed by atoms with E-state index in [1.54, 1.807) is 64.2 Å². The van der Waals surface area contributed by atoms with E-state index in [1.165, 1.54) is 35.5 Å². The molecule has 6 aliphatic rings. The van der Waals surface area contributed by atoms with Gasteiger partial charge >= 0.3 is 0 Å². The van der Waals surface area contributed by atoms with Crippen molar-refractivity contribution in [1.82, 2.24) is 0 Å². The van der Waals surface area contributed by atoms with Gasteiger partial charge in [0.2, 0.25) is 0 Å². The molecule has 0 radical (unpaired) electrons. The Bertz CT molecular complexity index is 467. The maximum Gasteiger partial charge on any atom is -0.0349 e. The van der Waals surface area contributed by atoms with E-state index in [0.717, 1.165) is 29.6 Å². The lowest BCUT2D eigenvalue weighted by molar-refractivity contribution is 0.0641. The predicted molar refractivity (Wildman–Crippen MR) is 90.2 cm³/mol. The van der Waals surface area contributed by atoms with Crippen LogP contribution in [0.4, 0.5) is 0 Å². The third-order valence-corrected chi connectivity index (χ3v) is 10.0. The topological polar surface area (TPSA) is 0 Å². The molecule has 0 amide bonds. The highest BCUT2D eigenvalue weighted by Crippen LogP contribution is 2.66. The summed E-state index contributed by atoms with van der Waals surface area (Å²) in [5.41, 5.74) is 0. The van der Waals surface area contributed by atoms with Gasteiger partial charge in [0.1, 0.15) is 0 Å². The lowest BCUT2D eigenvalue weighted by Crippen LogP contribution is -2.35. The average molecular weight is 299 g/mol. The van der Waals surface area contributed by atoms with Crippen LogP contribution in [0, 0.1) is 65.1 Å². The van der Waals surface area contributed by atoms with Crippen molar-refractivity contribution in [3.8, 4) is 0 Å². The summed E-state index contributed by atoms with van der Waals surface area (Å²) in [5, 5.41) is 0. The minimum absolute atomic E-state index is 1.07. The molecule has 0 saturated heterocycles. The quantitative estimate of drug-likeness (QED) is 0.607. The fourth-order valence-corrected chi connectivity index (χ4v) is 9.52. The van der Waals surface area contributed by atoms with E-state index >= 15 is 0 Å². The second-order valence-corrected chi connectivity index (χ2v) is 10.8. The molecule has 0 N–H and O–H groups in total. The van der Waals surface area contributed by atoms with Gasteiger partial charge in [-0.15, -0.1) is 0 Å². The second kappa shape index (κ2) is 4.54. The Morgan fingerprint density at radius 1 is 0.455 bits per heavy atom. The van der Waals surface area contributed by atoms with Gasteiger partial charge in [0.15, 0.2) is 0 Å². The molecule has 6 aliphatic carbocycles. The van der Waals surface area contributed by atoms with Gasteiger partial charge < -0.3 is 0 Å². The van der Waals surface area contributed by atoms with Crippen LogP contribution in [-0.4, -0.2) is 0 Å². The molecular weight excluding hydrogens is 264 g/mol. The van der Waals surface area contributed by atoms with E-state index in [9.17, 15) is 0 Å². The molecule has 6 fully saturated rings. The molecule has 6 rings (SSSR count). The SMILES string of the molecule is CC1CC2CC1C(C1CC3CC(C4CC5CCC4C5)C1C3)C2. The average Bonchev–Trinajstić information content (AvgIpc) is 3.29. The van der Waals surface area contributed by atoms with Gasteiger partial charge in [-0.05, 0) is 123 Å². The zero-order chi connectivity index (χ0) is 14.4. The molecule has 122 valence electrons. The maximum atomic E-state index is 2.58. The zero-order valence-electron chi connectivity index (χ0n) is 14.4. The van der Waals surface area contributed by atoms with Crippen molar-refractivity contribution < 1.29 is 0 Å². The molecule has 0 aromatic heterocycles. The standard InChI is InChI=1S/C22H34/c1-12-4-14-7-17(12)19(8-14)21-10-15-9-20(22(21)11-15)18-6-13-2-3-16(18)5-13/h12-22H,2-11H2,1H3. The summed E-state index contributed by atoms with van der Waals surface area (Å²) in [6.45, 7) is 2.58. The molecule has 0 aromatic rings. The zero-order valence-corrected chi connectivity index (χ0v) is 14.4. The maximum absolute atomic E-state index is 2.58. The van der Waals surface area contributed by atoms with Gasteiger partial charge in [0.05, 0.1) is 0 Å². The summed E-state index contributed by atoms with van der Waals surface area (Å²) in [6.07, 6.45) is 16.3. The molecule has 11 atom stereocenters. The molecule has 0 heterocycles. The van der Waals surface area contributed by atoms with Gasteiger partial charge in [-0.25, -0.2) is 0 Å². The Hall–Kier alpha value is 0. The first kappa shape index (κ1) is 13.3. The number of rotatable bonds is 2. The molecule has 0 aliphatic heterocycles. The van der Waals surface area contributed by atoms with Crippen LogP contribution in [0.1, 0.15) is 71.1 Å². The largest absolute Gasteiger partial charge is 0.0622 e. The van der Waals surface area contributed by atoms with Gasteiger partial charge in [-0.2, -0.15) is 0 Å².